The second-order valence-corrected chi connectivity index (χ2v) is 5.84. The summed E-state index contributed by atoms with van der Waals surface area (Å²) >= 11 is 0. The molecule has 0 radical (unpaired) electrons. The van der Waals surface area contributed by atoms with Crippen LogP contribution in [0.4, 0.5) is 0 Å². The number of ether oxygens (including phenoxy) is 2. The van der Waals surface area contributed by atoms with Gasteiger partial charge in [-0.3, -0.25) is 0 Å². The third kappa shape index (κ3) is 2.75. The molecule has 0 aliphatic carbocycles. The summed E-state index contributed by atoms with van der Waals surface area (Å²) in [6.45, 7) is 2.02. The molecule has 0 fully saturated rings. The largest absolute Gasteiger partial charge is 0.497 e. The molecule has 0 aliphatic rings. The van der Waals surface area contributed by atoms with E-state index in [1.54, 1.807) is 14.2 Å². The standard InChI is InChI=1S/C20H17N3O3/c1-12-5-4-6-14-11-16(20(25-3)21-17(12)14)18-22-19(26-23-18)13-7-9-15(24-2)10-8-13/h4-11H,1-3H3. The fourth-order valence-electron chi connectivity index (χ4n) is 2.83. The third-order valence-corrected chi connectivity index (χ3v) is 4.21. The molecule has 0 bridgehead atoms. The van der Waals surface area contributed by atoms with E-state index in [9.17, 15) is 0 Å². The first-order chi connectivity index (χ1) is 12.7. The van der Waals surface area contributed by atoms with Crippen LogP contribution in [0.1, 0.15) is 5.56 Å². The number of rotatable bonds is 4. The minimum atomic E-state index is 0.425. The zero-order valence-electron chi connectivity index (χ0n) is 14.7. The van der Waals surface area contributed by atoms with Crippen LogP contribution in [0.5, 0.6) is 11.6 Å². The van der Waals surface area contributed by atoms with Crippen LogP contribution in [0.3, 0.4) is 0 Å². The number of benzene rings is 2. The number of methoxy groups -OCH3 is 2. The lowest BCUT2D eigenvalue weighted by Crippen LogP contribution is -1.95. The van der Waals surface area contributed by atoms with E-state index in [-0.39, 0.29) is 0 Å². The molecule has 0 saturated carbocycles. The molecule has 130 valence electrons. The van der Waals surface area contributed by atoms with Gasteiger partial charge in [0.1, 0.15) is 5.75 Å². The van der Waals surface area contributed by atoms with Gasteiger partial charge in [-0.2, -0.15) is 4.98 Å². The van der Waals surface area contributed by atoms with Crippen LogP contribution in [0.15, 0.2) is 53.1 Å². The normalized spacial score (nSPS) is 10.9. The lowest BCUT2D eigenvalue weighted by Gasteiger charge is -2.08. The van der Waals surface area contributed by atoms with Crippen molar-refractivity contribution in [2.75, 3.05) is 14.2 Å². The SMILES string of the molecule is COc1ccc(-c2nc(-c3cc4cccc(C)c4nc3OC)no2)cc1. The second kappa shape index (κ2) is 6.48. The van der Waals surface area contributed by atoms with Gasteiger partial charge in [-0.1, -0.05) is 23.4 Å². The topological polar surface area (TPSA) is 70.3 Å². The second-order valence-electron chi connectivity index (χ2n) is 5.84. The average molecular weight is 347 g/mol. The number of aromatic nitrogens is 3. The highest BCUT2D eigenvalue weighted by Gasteiger charge is 2.17. The first-order valence-corrected chi connectivity index (χ1v) is 8.12. The van der Waals surface area contributed by atoms with E-state index in [2.05, 4.69) is 15.1 Å². The Hall–Kier alpha value is -3.41. The first-order valence-electron chi connectivity index (χ1n) is 8.12. The zero-order chi connectivity index (χ0) is 18.1. The van der Waals surface area contributed by atoms with Gasteiger partial charge >= 0.3 is 0 Å². The summed E-state index contributed by atoms with van der Waals surface area (Å²) in [5.74, 6) is 2.09. The Morgan fingerprint density at radius 2 is 1.73 bits per heavy atom. The smallest absolute Gasteiger partial charge is 0.258 e. The molecular formula is C20H17N3O3. The maximum Gasteiger partial charge on any atom is 0.258 e. The van der Waals surface area contributed by atoms with E-state index >= 15 is 0 Å². The zero-order valence-corrected chi connectivity index (χ0v) is 14.7. The monoisotopic (exact) mass is 347 g/mol. The van der Waals surface area contributed by atoms with Gasteiger partial charge in [-0.25, -0.2) is 4.98 Å². The summed E-state index contributed by atoms with van der Waals surface area (Å²) in [4.78, 5) is 9.12. The van der Waals surface area contributed by atoms with E-state index in [4.69, 9.17) is 14.0 Å². The van der Waals surface area contributed by atoms with Crippen LogP contribution < -0.4 is 9.47 Å². The minimum absolute atomic E-state index is 0.425. The van der Waals surface area contributed by atoms with Crippen molar-refractivity contribution in [3.8, 4) is 34.5 Å². The van der Waals surface area contributed by atoms with Gasteiger partial charge < -0.3 is 14.0 Å². The Kier molecular flexibility index (Phi) is 4.01. The summed E-state index contributed by atoms with van der Waals surface area (Å²) < 4.78 is 16.1. The van der Waals surface area contributed by atoms with Crippen molar-refractivity contribution in [3.05, 3.63) is 54.1 Å². The summed E-state index contributed by atoms with van der Waals surface area (Å²) in [7, 11) is 3.21. The highest BCUT2D eigenvalue weighted by Crippen LogP contribution is 2.32. The molecule has 4 aromatic rings. The fourth-order valence-corrected chi connectivity index (χ4v) is 2.83. The van der Waals surface area contributed by atoms with Crippen LogP contribution in [-0.2, 0) is 0 Å². The van der Waals surface area contributed by atoms with Crippen LogP contribution >= 0.6 is 0 Å². The summed E-state index contributed by atoms with van der Waals surface area (Å²) in [6.07, 6.45) is 0. The van der Waals surface area contributed by atoms with Crippen molar-refractivity contribution < 1.29 is 14.0 Å². The Labute approximate surface area is 150 Å². The van der Waals surface area contributed by atoms with Gasteiger partial charge in [-0.05, 0) is 42.8 Å². The molecule has 6 nitrogen and oxygen atoms in total. The maximum absolute atomic E-state index is 5.46. The van der Waals surface area contributed by atoms with Gasteiger partial charge in [0.25, 0.3) is 5.89 Å². The maximum atomic E-state index is 5.46. The number of fused-ring (bicyclic) bond motifs is 1. The highest BCUT2D eigenvalue weighted by atomic mass is 16.5. The Morgan fingerprint density at radius 3 is 2.46 bits per heavy atom. The Morgan fingerprint density at radius 1 is 0.923 bits per heavy atom. The minimum Gasteiger partial charge on any atom is -0.497 e. The van der Waals surface area contributed by atoms with Crippen LogP contribution in [0.2, 0.25) is 0 Å². The molecule has 0 aliphatic heterocycles. The molecule has 0 atom stereocenters. The van der Waals surface area contributed by atoms with Gasteiger partial charge in [0, 0.05) is 10.9 Å². The highest BCUT2D eigenvalue weighted by molar-refractivity contribution is 5.87. The van der Waals surface area contributed by atoms with Gasteiger partial charge in [-0.15, -0.1) is 0 Å². The van der Waals surface area contributed by atoms with Crippen LogP contribution in [0, 0.1) is 6.92 Å². The summed E-state index contributed by atoms with van der Waals surface area (Å²) in [6, 6.07) is 15.4. The molecule has 0 unspecified atom stereocenters. The van der Waals surface area contributed by atoms with Crippen molar-refractivity contribution in [1.82, 2.24) is 15.1 Å². The number of aryl methyl sites for hydroxylation is 1. The van der Waals surface area contributed by atoms with Gasteiger partial charge in [0.15, 0.2) is 0 Å². The fraction of sp³-hybridized carbons (Fsp3) is 0.150. The van der Waals surface area contributed by atoms with E-state index in [0.717, 1.165) is 27.8 Å². The molecular weight excluding hydrogens is 330 g/mol. The number of pyridine rings is 1. The first kappa shape index (κ1) is 16.1. The van der Waals surface area contributed by atoms with E-state index < -0.39 is 0 Å². The number of para-hydroxylation sites is 1. The molecule has 0 spiro atoms. The van der Waals surface area contributed by atoms with Crippen molar-refractivity contribution in [2.45, 2.75) is 6.92 Å². The molecule has 0 saturated heterocycles. The molecule has 2 aromatic heterocycles. The summed E-state index contributed by atoms with van der Waals surface area (Å²) in [5, 5.41) is 5.10. The average Bonchev–Trinajstić information content (AvgIpc) is 3.17. The van der Waals surface area contributed by atoms with Crippen molar-refractivity contribution in [2.24, 2.45) is 0 Å². The number of nitrogens with zero attached hydrogens (tertiary/aromatic N) is 3. The number of hydrogen-bond acceptors (Lipinski definition) is 6. The molecule has 26 heavy (non-hydrogen) atoms. The summed E-state index contributed by atoms with van der Waals surface area (Å²) in [5.41, 5.74) is 3.48. The molecule has 2 aromatic carbocycles. The third-order valence-electron chi connectivity index (χ3n) is 4.21. The van der Waals surface area contributed by atoms with Crippen molar-refractivity contribution in [3.63, 3.8) is 0 Å². The molecule has 6 heteroatoms. The molecule has 4 rings (SSSR count). The lowest BCUT2D eigenvalue weighted by atomic mass is 10.1. The van der Waals surface area contributed by atoms with Crippen LogP contribution in [-0.4, -0.2) is 29.3 Å². The molecule has 0 N–H and O–H groups in total. The quantitative estimate of drug-likeness (QED) is 0.549. The Bertz CT molecular complexity index is 1070. The van der Waals surface area contributed by atoms with Crippen molar-refractivity contribution >= 4 is 10.9 Å². The van der Waals surface area contributed by atoms with Gasteiger partial charge in [0.2, 0.25) is 11.7 Å². The Balaban J connectivity index is 1.79. The molecule has 2 heterocycles. The van der Waals surface area contributed by atoms with Gasteiger partial charge in [0.05, 0.1) is 25.3 Å². The predicted molar refractivity (Wildman–Crippen MR) is 98.3 cm³/mol. The van der Waals surface area contributed by atoms with E-state index in [1.807, 2.05) is 55.5 Å². The lowest BCUT2D eigenvalue weighted by molar-refractivity contribution is 0.399. The van der Waals surface area contributed by atoms with Crippen molar-refractivity contribution in [1.29, 1.82) is 0 Å². The molecule has 0 amide bonds. The predicted octanol–water partition coefficient (Wildman–Crippen LogP) is 4.28. The van der Waals surface area contributed by atoms with E-state index in [0.29, 0.717) is 23.2 Å². The number of hydrogen-bond donors (Lipinski definition) is 0. The van der Waals surface area contributed by atoms with E-state index in [1.165, 1.54) is 0 Å². The van der Waals surface area contributed by atoms with Crippen LogP contribution in [0.25, 0.3) is 33.7 Å².